The number of nitrogens with one attached hydrogen (secondary N) is 1. The first kappa shape index (κ1) is 14.7. The largest absolute Gasteiger partial charge is 0.305 e. The van der Waals surface area contributed by atoms with Gasteiger partial charge in [-0.15, -0.1) is 11.3 Å². The molecule has 0 saturated carbocycles. The Morgan fingerprint density at radius 2 is 1.90 bits per heavy atom. The SMILES string of the molecule is CCNC(c1ccc(CC)cc1)c1nc2c(s1)CCCC2. The number of nitrogens with zero attached hydrogens (tertiary/aromatic N) is 1. The van der Waals surface area contributed by atoms with Crippen LogP contribution in [0.4, 0.5) is 0 Å². The summed E-state index contributed by atoms with van der Waals surface area (Å²) in [7, 11) is 0. The van der Waals surface area contributed by atoms with Crippen LogP contribution in [0.1, 0.15) is 59.4 Å². The van der Waals surface area contributed by atoms with E-state index in [1.54, 1.807) is 0 Å². The summed E-state index contributed by atoms with van der Waals surface area (Å²) in [5, 5.41) is 4.85. The highest BCUT2D eigenvalue weighted by Crippen LogP contribution is 2.32. The lowest BCUT2D eigenvalue weighted by Gasteiger charge is -2.16. The van der Waals surface area contributed by atoms with Crippen molar-refractivity contribution >= 4 is 11.3 Å². The van der Waals surface area contributed by atoms with Crippen LogP contribution in [0, 0.1) is 0 Å². The average molecular weight is 300 g/mol. The van der Waals surface area contributed by atoms with Gasteiger partial charge >= 0.3 is 0 Å². The van der Waals surface area contributed by atoms with Crippen molar-refractivity contribution in [1.82, 2.24) is 10.3 Å². The van der Waals surface area contributed by atoms with Gasteiger partial charge in [0.1, 0.15) is 5.01 Å². The van der Waals surface area contributed by atoms with Crippen LogP contribution in [-0.2, 0) is 19.3 Å². The molecule has 0 saturated heterocycles. The maximum absolute atomic E-state index is 4.94. The molecule has 1 heterocycles. The second-order valence-corrected chi connectivity index (χ2v) is 6.83. The van der Waals surface area contributed by atoms with E-state index in [1.165, 1.54) is 52.4 Å². The van der Waals surface area contributed by atoms with E-state index < -0.39 is 0 Å². The maximum Gasteiger partial charge on any atom is 0.115 e. The molecule has 0 fully saturated rings. The predicted molar refractivity (Wildman–Crippen MR) is 90.1 cm³/mol. The van der Waals surface area contributed by atoms with Gasteiger partial charge in [0.2, 0.25) is 0 Å². The van der Waals surface area contributed by atoms with Crippen molar-refractivity contribution in [3.63, 3.8) is 0 Å². The molecule has 3 heteroatoms. The van der Waals surface area contributed by atoms with E-state index in [2.05, 4.69) is 43.4 Å². The van der Waals surface area contributed by atoms with E-state index in [0.29, 0.717) is 0 Å². The lowest BCUT2D eigenvalue weighted by molar-refractivity contribution is 0.620. The van der Waals surface area contributed by atoms with E-state index in [9.17, 15) is 0 Å². The molecule has 1 aliphatic carbocycles. The summed E-state index contributed by atoms with van der Waals surface area (Å²) in [6.45, 7) is 5.33. The summed E-state index contributed by atoms with van der Waals surface area (Å²) in [6.07, 6.45) is 6.11. The molecule has 1 unspecified atom stereocenters. The van der Waals surface area contributed by atoms with Gasteiger partial charge in [0, 0.05) is 4.88 Å². The third-order valence-electron chi connectivity index (χ3n) is 4.24. The summed E-state index contributed by atoms with van der Waals surface area (Å²) in [6, 6.07) is 9.25. The molecule has 1 aromatic carbocycles. The highest BCUT2D eigenvalue weighted by Gasteiger charge is 2.21. The van der Waals surface area contributed by atoms with Crippen LogP contribution in [0.25, 0.3) is 0 Å². The Labute approximate surface area is 131 Å². The normalized spacial score (nSPS) is 15.7. The molecule has 2 aromatic rings. The van der Waals surface area contributed by atoms with Gasteiger partial charge in [0.15, 0.2) is 0 Å². The van der Waals surface area contributed by atoms with Crippen LogP contribution in [0.5, 0.6) is 0 Å². The fraction of sp³-hybridized carbons (Fsp3) is 0.500. The van der Waals surface area contributed by atoms with E-state index in [-0.39, 0.29) is 6.04 Å². The van der Waals surface area contributed by atoms with Crippen molar-refractivity contribution in [2.75, 3.05) is 6.54 Å². The molecule has 3 rings (SSSR count). The van der Waals surface area contributed by atoms with E-state index in [4.69, 9.17) is 4.98 Å². The van der Waals surface area contributed by atoms with Gasteiger partial charge in [-0.3, -0.25) is 0 Å². The van der Waals surface area contributed by atoms with E-state index in [1.807, 2.05) is 11.3 Å². The van der Waals surface area contributed by atoms with Gasteiger partial charge < -0.3 is 5.32 Å². The van der Waals surface area contributed by atoms with Crippen molar-refractivity contribution in [3.05, 3.63) is 51.0 Å². The van der Waals surface area contributed by atoms with Gasteiger partial charge in [-0.1, -0.05) is 38.1 Å². The number of hydrogen-bond donors (Lipinski definition) is 1. The van der Waals surface area contributed by atoms with E-state index in [0.717, 1.165) is 13.0 Å². The molecule has 21 heavy (non-hydrogen) atoms. The first-order valence-corrected chi connectivity index (χ1v) is 8.94. The smallest absolute Gasteiger partial charge is 0.115 e. The summed E-state index contributed by atoms with van der Waals surface area (Å²) < 4.78 is 0. The topological polar surface area (TPSA) is 24.9 Å². The highest BCUT2D eigenvalue weighted by molar-refractivity contribution is 7.11. The Balaban J connectivity index is 1.90. The molecule has 0 spiro atoms. The van der Waals surface area contributed by atoms with Gasteiger partial charge in [-0.05, 0) is 49.8 Å². The molecule has 0 radical (unpaired) electrons. The molecule has 2 nitrogen and oxygen atoms in total. The third-order valence-corrected chi connectivity index (χ3v) is 5.46. The number of fused-ring (bicyclic) bond motifs is 1. The van der Waals surface area contributed by atoms with Crippen LogP contribution < -0.4 is 5.32 Å². The zero-order valence-electron chi connectivity index (χ0n) is 13.0. The predicted octanol–water partition coefficient (Wildman–Crippen LogP) is 4.28. The number of hydrogen-bond acceptors (Lipinski definition) is 3. The van der Waals surface area contributed by atoms with Gasteiger partial charge in [0.25, 0.3) is 0 Å². The molecule has 1 atom stereocenters. The quantitative estimate of drug-likeness (QED) is 0.891. The Bertz CT molecular complexity index is 562. The summed E-state index contributed by atoms with van der Waals surface area (Å²) in [5.41, 5.74) is 4.09. The van der Waals surface area contributed by atoms with Crippen molar-refractivity contribution in [1.29, 1.82) is 0 Å². The molecular weight excluding hydrogens is 276 g/mol. The van der Waals surface area contributed by atoms with Crippen LogP contribution >= 0.6 is 11.3 Å². The van der Waals surface area contributed by atoms with Gasteiger partial charge in [-0.2, -0.15) is 0 Å². The molecule has 0 aliphatic heterocycles. The number of benzene rings is 1. The first-order chi connectivity index (χ1) is 10.3. The number of thiazole rings is 1. The second-order valence-electron chi connectivity index (χ2n) is 5.71. The molecule has 0 bridgehead atoms. The molecular formula is C18H24N2S. The Morgan fingerprint density at radius 1 is 1.14 bits per heavy atom. The molecule has 0 amide bonds. The average Bonchev–Trinajstić information content (AvgIpc) is 2.96. The van der Waals surface area contributed by atoms with Crippen LogP contribution in [-0.4, -0.2) is 11.5 Å². The Hall–Kier alpha value is -1.19. The molecule has 1 aliphatic rings. The van der Waals surface area contributed by atoms with Crippen LogP contribution in [0.3, 0.4) is 0 Å². The van der Waals surface area contributed by atoms with Crippen molar-refractivity contribution in [2.24, 2.45) is 0 Å². The van der Waals surface area contributed by atoms with Crippen LogP contribution in [0.15, 0.2) is 24.3 Å². The molecule has 1 N–H and O–H groups in total. The van der Waals surface area contributed by atoms with Gasteiger partial charge in [-0.25, -0.2) is 4.98 Å². The van der Waals surface area contributed by atoms with E-state index >= 15 is 0 Å². The third kappa shape index (κ3) is 3.19. The van der Waals surface area contributed by atoms with Crippen molar-refractivity contribution in [2.45, 2.75) is 52.0 Å². The summed E-state index contributed by atoms with van der Waals surface area (Å²) in [5.74, 6) is 0. The number of aromatic nitrogens is 1. The summed E-state index contributed by atoms with van der Waals surface area (Å²) in [4.78, 5) is 6.46. The molecule has 1 aromatic heterocycles. The summed E-state index contributed by atoms with van der Waals surface area (Å²) >= 11 is 1.91. The lowest BCUT2D eigenvalue weighted by Crippen LogP contribution is -2.21. The minimum atomic E-state index is 0.247. The van der Waals surface area contributed by atoms with Crippen molar-refractivity contribution in [3.8, 4) is 0 Å². The minimum Gasteiger partial charge on any atom is -0.305 e. The fourth-order valence-corrected chi connectivity index (χ4v) is 4.25. The van der Waals surface area contributed by atoms with Gasteiger partial charge in [0.05, 0.1) is 11.7 Å². The fourth-order valence-electron chi connectivity index (χ4n) is 2.99. The second kappa shape index (κ2) is 6.71. The zero-order valence-corrected chi connectivity index (χ0v) is 13.8. The zero-order chi connectivity index (χ0) is 14.7. The maximum atomic E-state index is 4.94. The first-order valence-electron chi connectivity index (χ1n) is 8.12. The molecule has 112 valence electrons. The highest BCUT2D eigenvalue weighted by atomic mass is 32.1. The van der Waals surface area contributed by atoms with Crippen molar-refractivity contribution < 1.29 is 0 Å². The van der Waals surface area contributed by atoms with Crippen LogP contribution in [0.2, 0.25) is 0 Å². The Kier molecular flexibility index (Phi) is 4.71. The Morgan fingerprint density at radius 3 is 2.57 bits per heavy atom. The number of aryl methyl sites for hydroxylation is 3. The standard InChI is InChI=1S/C18H24N2S/c1-3-13-9-11-14(12-10-13)17(19-4-2)18-20-15-7-5-6-8-16(15)21-18/h9-12,17,19H,3-8H2,1-2H3. The minimum absolute atomic E-state index is 0.247. The number of rotatable bonds is 5. The monoisotopic (exact) mass is 300 g/mol. The lowest BCUT2D eigenvalue weighted by atomic mass is 10.0.